The van der Waals surface area contributed by atoms with E-state index >= 15 is 0 Å². The first-order chi connectivity index (χ1) is 7.15. The number of hydrogen-bond acceptors (Lipinski definition) is 1. The number of carbonyl (C=O) groups is 1. The number of carboxylic acids is 1. The van der Waals surface area contributed by atoms with Crippen molar-refractivity contribution in [2.75, 3.05) is 0 Å². The zero-order chi connectivity index (χ0) is 10.9. The maximum atomic E-state index is 11.6. The molecule has 0 amide bonds. The minimum Gasteiger partial charge on any atom is -0.481 e. The van der Waals surface area contributed by atoms with Crippen LogP contribution in [0.4, 0.5) is 0 Å². The van der Waals surface area contributed by atoms with E-state index in [9.17, 15) is 9.90 Å². The molecular formula is C13H22O2. The van der Waals surface area contributed by atoms with Gasteiger partial charge in [0.1, 0.15) is 0 Å². The maximum absolute atomic E-state index is 11.6. The zero-order valence-corrected chi connectivity index (χ0v) is 9.67. The number of hydrogen-bond donors (Lipinski definition) is 1. The summed E-state index contributed by atoms with van der Waals surface area (Å²) in [5, 5.41) is 9.53. The van der Waals surface area contributed by atoms with Crippen LogP contribution in [0.3, 0.4) is 0 Å². The summed E-state index contributed by atoms with van der Waals surface area (Å²) in [7, 11) is 0. The predicted octanol–water partition coefficient (Wildman–Crippen LogP) is 3.46. The van der Waals surface area contributed by atoms with Crippen LogP contribution in [-0.4, -0.2) is 11.1 Å². The van der Waals surface area contributed by atoms with Crippen molar-refractivity contribution in [1.29, 1.82) is 0 Å². The molecule has 2 rings (SSSR count). The van der Waals surface area contributed by atoms with Crippen LogP contribution in [0.5, 0.6) is 0 Å². The Kier molecular flexibility index (Phi) is 3.03. The van der Waals surface area contributed by atoms with Gasteiger partial charge in [0, 0.05) is 0 Å². The molecule has 0 spiro atoms. The fraction of sp³-hybridized carbons (Fsp3) is 0.923. The monoisotopic (exact) mass is 210 g/mol. The molecule has 0 aromatic rings. The topological polar surface area (TPSA) is 37.3 Å². The Morgan fingerprint density at radius 2 is 2.00 bits per heavy atom. The first-order valence-corrected chi connectivity index (χ1v) is 6.38. The number of aliphatic carboxylic acids is 1. The first kappa shape index (κ1) is 11.0. The van der Waals surface area contributed by atoms with Gasteiger partial charge in [0.2, 0.25) is 0 Å². The molecular weight excluding hydrogens is 188 g/mol. The fourth-order valence-electron chi connectivity index (χ4n) is 3.33. The fourth-order valence-corrected chi connectivity index (χ4v) is 3.33. The molecule has 1 N–H and O–H groups in total. The lowest BCUT2D eigenvalue weighted by atomic mass is 9.60. The van der Waals surface area contributed by atoms with Gasteiger partial charge in [0.15, 0.2) is 0 Å². The standard InChI is InChI=1S/C13H22O2/c1-10-5-2-3-8-13(10,12(14)15)9-11-6-4-7-11/h10-11H,2-9H2,1H3,(H,14,15). The summed E-state index contributed by atoms with van der Waals surface area (Å²) in [5.74, 6) is 0.563. The van der Waals surface area contributed by atoms with Gasteiger partial charge in [-0.3, -0.25) is 4.79 Å². The second kappa shape index (κ2) is 4.15. The van der Waals surface area contributed by atoms with E-state index < -0.39 is 5.97 Å². The Balaban J connectivity index is 2.09. The molecule has 2 nitrogen and oxygen atoms in total. The van der Waals surface area contributed by atoms with E-state index in [1.807, 2.05) is 0 Å². The largest absolute Gasteiger partial charge is 0.481 e. The summed E-state index contributed by atoms with van der Waals surface area (Å²) in [6, 6.07) is 0. The van der Waals surface area contributed by atoms with Crippen LogP contribution in [0, 0.1) is 17.3 Å². The molecule has 2 unspecified atom stereocenters. The highest BCUT2D eigenvalue weighted by atomic mass is 16.4. The Bertz CT molecular complexity index is 245. The van der Waals surface area contributed by atoms with Gasteiger partial charge in [-0.15, -0.1) is 0 Å². The average Bonchev–Trinajstić information content (AvgIpc) is 2.14. The van der Waals surface area contributed by atoms with E-state index in [-0.39, 0.29) is 5.41 Å². The second-order valence-corrected chi connectivity index (χ2v) is 5.61. The summed E-state index contributed by atoms with van der Waals surface area (Å²) in [6.45, 7) is 2.14. The highest BCUT2D eigenvalue weighted by molar-refractivity contribution is 5.75. The average molecular weight is 210 g/mol. The van der Waals surface area contributed by atoms with Gasteiger partial charge >= 0.3 is 5.97 Å². The molecule has 2 aliphatic carbocycles. The van der Waals surface area contributed by atoms with Crippen LogP contribution >= 0.6 is 0 Å². The van der Waals surface area contributed by atoms with Crippen molar-refractivity contribution in [3.8, 4) is 0 Å². The summed E-state index contributed by atoms with van der Waals surface area (Å²) in [5.41, 5.74) is -0.372. The molecule has 0 aromatic heterocycles. The van der Waals surface area contributed by atoms with Crippen molar-refractivity contribution in [3.63, 3.8) is 0 Å². The highest BCUT2D eigenvalue weighted by Crippen LogP contribution is 2.49. The number of carboxylic acid groups (broad SMARTS) is 1. The lowest BCUT2D eigenvalue weighted by Gasteiger charge is -2.43. The van der Waals surface area contributed by atoms with Gasteiger partial charge < -0.3 is 5.11 Å². The van der Waals surface area contributed by atoms with Crippen molar-refractivity contribution in [1.82, 2.24) is 0 Å². The molecule has 2 atom stereocenters. The van der Waals surface area contributed by atoms with E-state index in [0.717, 1.165) is 25.7 Å². The molecule has 15 heavy (non-hydrogen) atoms. The molecule has 0 aromatic carbocycles. The minimum atomic E-state index is -0.526. The molecule has 2 fully saturated rings. The molecule has 0 saturated heterocycles. The SMILES string of the molecule is CC1CCCCC1(CC1CCC1)C(=O)O. The summed E-state index contributed by atoms with van der Waals surface area (Å²) in [4.78, 5) is 11.6. The second-order valence-electron chi connectivity index (χ2n) is 5.61. The van der Waals surface area contributed by atoms with Gasteiger partial charge in [-0.2, -0.15) is 0 Å². The van der Waals surface area contributed by atoms with Crippen molar-refractivity contribution in [2.45, 2.75) is 58.3 Å². The van der Waals surface area contributed by atoms with Crippen molar-refractivity contribution in [3.05, 3.63) is 0 Å². The summed E-state index contributed by atoms with van der Waals surface area (Å²) < 4.78 is 0. The van der Waals surface area contributed by atoms with Gasteiger partial charge in [-0.1, -0.05) is 39.0 Å². The van der Waals surface area contributed by atoms with E-state index in [4.69, 9.17) is 0 Å². The van der Waals surface area contributed by atoms with E-state index in [0.29, 0.717) is 11.8 Å². The molecule has 0 aliphatic heterocycles. The van der Waals surface area contributed by atoms with Crippen LogP contribution in [0.1, 0.15) is 58.3 Å². The molecule has 0 radical (unpaired) electrons. The quantitative estimate of drug-likeness (QED) is 0.774. The first-order valence-electron chi connectivity index (χ1n) is 6.38. The van der Waals surface area contributed by atoms with Crippen LogP contribution < -0.4 is 0 Å². The van der Waals surface area contributed by atoms with Crippen molar-refractivity contribution in [2.24, 2.45) is 17.3 Å². The molecule has 2 heteroatoms. The minimum absolute atomic E-state index is 0.372. The van der Waals surface area contributed by atoms with Crippen LogP contribution in [0.2, 0.25) is 0 Å². The Labute approximate surface area is 92.1 Å². The molecule has 86 valence electrons. The van der Waals surface area contributed by atoms with Crippen molar-refractivity contribution >= 4 is 5.97 Å². The maximum Gasteiger partial charge on any atom is 0.309 e. The zero-order valence-electron chi connectivity index (χ0n) is 9.67. The van der Waals surface area contributed by atoms with E-state index in [1.54, 1.807) is 0 Å². The third kappa shape index (κ3) is 1.91. The van der Waals surface area contributed by atoms with Crippen LogP contribution in [0.25, 0.3) is 0 Å². The van der Waals surface area contributed by atoms with E-state index in [1.165, 1.54) is 25.7 Å². The Hall–Kier alpha value is -0.530. The smallest absolute Gasteiger partial charge is 0.309 e. The predicted molar refractivity (Wildman–Crippen MR) is 59.7 cm³/mol. The van der Waals surface area contributed by atoms with Gasteiger partial charge in [0.05, 0.1) is 5.41 Å². The van der Waals surface area contributed by atoms with Crippen molar-refractivity contribution < 1.29 is 9.90 Å². The van der Waals surface area contributed by atoms with Crippen LogP contribution in [0.15, 0.2) is 0 Å². The Morgan fingerprint density at radius 1 is 1.27 bits per heavy atom. The molecule has 0 heterocycles. The van der Waals surface area contributed by atoms with E-state index in [2.05, 4.69) is 6.92 Å². The molecule has 0 bridgehead atoms. The van der Waals surface area contributed by atoms with Crippen LogP contribution in [-0.2, 0) is 4.79 Å². The number of rotatable bonds is 3. The highest BCUT2D eigenvalue weighted by Gasteiger charge is 2.46. The third-order valence-electron chi connectivity index (χ3n) is 4.76. The Morgan fingerprint density at radius 3 is 2.47 bits per heavy atom. The van der Waals surface area contributed by atoms with Gasteiger partial charge in [-0.05, 0) is 31.1 Å². The molecule has 2 aliphatic rings. The summed E-state index contributed by atoms with van der Waals surface area (Å²) >= 11 is 0. The van der Waals surface area contributed by atoms with Gasteiger partial charge in [-0.25, -0.2) is 0 Å². The van der Waals surface area contributed by atoms with Gasteiger partial charge in [0.25, 0.3) is 0 Å². The summed E-state index contributed by atoms with van der Waals surface area (Å²) in [6.07, 6.45) is 9.16. The lowest BCUT2D eigenvalue weighted by Crippen LogP contribution is -2.42. The normalized spacial score (nSPS) is 37.3. The lowest BCUT2D eigenvalue weighted by molar-refractivity contribution is -0.157. The molecule has 2 saturated carbocycles. The third-order valence-corrected chi connectivity index (χ3v) is 4.76.